The zero-order valence-corrected chi connectivity index (χ0v) is 19.8. The molecule has 1 atom stereocenters. The van der Waals surface area contributed by atoms with Crippen LogP contribution >= 0.6 is 24.0 Å². The highest BCUT2D eigenvalue weighted by Crippen LogP contribution is 2.09. The van der Waals surface area contributed by atoms with Gasteiger partial charge in [0.2, 0.25) is 0 Å². The van der Waals surface area contributed by atoms with Crippen LogP contribution in [0.15, 0.2) is 40.1 Å². The summed E-state index contributed by atoms with van der Waals surface area (Å²) in [5.41, 5.74) is 1.39. The second-order valence-corrected chi connectivity index (χ2v) is 7.45. The van der Waals surface area contributed by atoms with Gasteiger partial charge in [-0.3, -0.25) is 9.56 Å². The number of aliphatic imine (C=N–C) groups is 1. The van der Waals surface area contributed by atoms with E-state index in [4.69, 9.17) is 0 Å². The van der Waals surface area contributed by atoms with Crippen LogP contribution in [0.5, 0.6) is 0 Å². The van der Waals surface area contributed by atoms with Crippen LogP contribution < -0.4 is 16.3 Å². The lowest BCUT2D eigenvalue weighted by molar-refractivity contribution is 0.508. The van der Waals surface area contributed by atoms with Crippen LogP contribution in [-0.2, 0) is 25.9 Å². The van der Waals surface area contributed by atoms with E-state index in [1.807, 2.05) is 10.6 Å². The van der Waals surface area contributed by atoms with Crippen molar-refractivity contribution in [3.8, 4) is 0 Å². The third-order valence-electron chi connectivity index (χ3n) is 5.19. The first-order valence-corrected chi connectivity index (χ1v) is 10.3. The Morgan fingerprint density at radius 1 is 1.28 bits per heavy atom. The van der Waals surface area contributed by atoms with Crippen molar-refractivity contribution in [2.75, 3.05) is 13.6 Å². The molecule has 2 heterocycles. The molecule has 8 heteroatoms. The van der Waals surface area contributed by atoms with Crippen LogP contribution in [0.2, 0.25) is 0 Å². The molecule has 2 aromatic rings. The van der Waals surface area contributed by atoms with Gasteiger partial charge in [0.1, 0.15) is 5.82 Å². The molecule has 1 aromatic heterocycles. The Labute approximate surface area is 190 Å². The summed E-state index contributed by atoms with van der Waals surface area (Å²) < 4.78 is 3.44. The first kappa shape index (κ1) is 23.4. The van der Waals surface area contributed by atoms with E-state index in [0.29, 0.717) is 12.6 Å². The molecule has 3 rings (SSSR count). The quantitative estimate of drug-likeness (QED) is 0.247. The fourth-order valence-corrected chi connectivity index (χ4v) is 3.56. The van der Waals surface area contributed by atoms with Crippen LogP contribution in [0.4, 0.5) is 0 Å². The maximum Gasteiger partial charge on any atom is 0.345 e. The van der Waals surface area contributed by atoms with E-state index in [1.54, 1.807) is 11.7 Å². The molecule has 0 spiro atoms. The van der Waals surface area contributed by atoms with Gasteiger partial charge >= 0.3 is 5.69 Å². The fraction of sp³-hybridized carbons (Fsp3) is 0.571. The molecule has 0 bridgehead atoms. The van der Waals surface area contributed by atoms with Crippen LogP contribution in [0, 0.1) is 0 Å². The van der Waals surface area contributed by atoms with Crippen molar-refractivity contribution < 1.29 is 0 Å². The summed E-state index contributed by atoms with van der Waals surface area (Å²) in [5, 5.41) is 11.3. The molecule has 2 N–H and O–H groups in total. The minimum absolute atomic E-state index is 0. The van der Waals surface area contributed by atoms with Crippen molar-refractivity contribution in [1.82, 2.24) is 25.0 Å². The molecule has 160 valence electrons. The van der Waals surface area contributed by atoms with Gasteiger partial charge < -0.3 is 10.6 Å². The molecule has 0 saturated heterocycles. The monoisotopic (exact) mass is 512 g/mol. The molecule has 0 radical (unpaired) electrons. The van der Waals surface area contributed by atoms with Gasteiger partial charge in [0.05, 0.1) is 0 Å². The van der Waals surface area contributed by atoms with E-state index < -0.39 is 0 Å². The molecule has 1 aliphatic heterocycles. The topological polar surface area (TPSA) is 76.2 Å². The Hall–Kier alpha value is -1.84. The number of guanidine groups is 1. The first-order chi connectivity index (χ1) is 13.7. The number of fused-ring (bicyclic) bond motifs is 1. The average Bonchev–Trinajstić information content (AvgIpc) is 3.05. The standard InChI is InChI=1S/C21H32N6O.HI/c1-17(12-13-18-9-4-3-5-10-18)24-20(22-2)23-14-8-16-27-21(28)26-15-7-6-11-19(26)25-27;/h3-5,9-10,17H,6-8,11-16H2,1-2H3,(H2,22,23,24);1H. The van der Waals surface area contributed by atoms with Gasteiger partial charge in [-0.1, -0.05) is 30.3 Å². The maximum atomic E-state index is 12.3. The number of hydrogen-bond acceptors (Lipinski definition) is 3. The molecule has 1 unspecified atom stereocenters. The van der Waals surface area contributed by atoms with Crippen molar-refractivity contribution in [3.63, 3.8) is 0 Å². The largest absolute Gasteiger partial charge is 0.356 e. The van der Waals surface area contributed by atoms with Gasteiger partial charge in [0, 0.05) is 39.1 Å². The number of hydrogen-bond donors (Lipinski definition) is 2. The Bertz CT molecular complexity index is 829. The van der Waals surface area contributed by atoms with E-state index >= 15 is 0 Å². The summed E-state index contributed by atoms with van der Waals surface area (Å²) in [7, 11) is 1.78. The van der Waals surface area contributed by atoms with Gasteiger partial charge in [0.15, 0.2) is 5.96 Å². The summed E-state index contributed by atoms with van der Waals surface area (Å²) in [4.78, 5) is 16.6. The van der Waals surface area contributed by atoms with Gasteiger partial charge in [-0.2, -0.15) is 5.10 Å². The van der Waals surface area contributed by atoms with Crippen molar-refractivity contribution >= 4 is 29.9 Å². The predicted octanol–water partition coefficient (Wildman–Crippen LogP) is 2.58. The highest BCUT2D eigenvalue weighted by Gasteiger charge is 2.16. The summed E-state index contributed by atoms with van der Waals surface area (Å²) in [6.07, 6.45) is 6.03. The normalized spacial score (nSPS) is 14.6. The Balaban J connectivity index is 0.00000300. The molecule has 0 saturated carbocycles. The van der Waals surface area contributed by atoms with Crippen molar-refractivity contribution in [3.05, 3.63) is 52.2 Å². The maximum absolute atomic E-state index is 12.3. The van der Waals surface area contributed by atoms with E-state index in [2.05, 4.69) is 51.9 Å². The number of aromatic nitrogens is 3. The highest BCUT2D eigenvalue weighted by atomic mass is 127. The SMILES string of the molecule is CN=C(NCCCn1nc2n(c1=O)CCCC2)NC(C)CCc1ccccc1.I. The van der Waals surface area contributed by atoms with E-state index in [1.165, 1.54) is 5.56 Å². The van der Waals surface area contributed by atoms with E-state index in [-0.39, 0.29) is 29.7 Å². The summed E-state index contributed by atoms with van der Waals surface area (Å²) in [6, 6.07) is 10.9. The minimum Gasteiger partial charge on any atom is -0.356 e. The zero-order valence-electron chi connectivity index (χ0n) is 17.4. The minimum atomic E-state index is 0. The van der Waals surface area contributed by atoms with Gasteiger partial charge in [-0.15, -0.1) is 24.0 Å². The second-order valence-electron chi connectivity index (χ2n) is 7.45. The number of nitrogens with one attached hydrogen (secondary N) is 2. The van der Waals surface area contributed by atoms with Crippen LogP contribution in [0.25, 0.3) is 0 Å². The Morgan fingerprint density at radius 3 is 2.79 bits per heavy atom. The number of aryl methyl sites for hydroxylation is 3. The highest BCUT2D eigenvalue weighted by molar-refractivity contribution is 14.0. The predicted molar refractivity (Wildman–Crippen MR) is 128 cm³/mol. The number of nitrogens with zero attached hydrogens (tertiary/aromatic N) is 4. The lowest BCUT2D eigenvalue weighted by Crippen LogP contribution is -2.43. The van der Waals surface area contributed by atoms with E-state index in [0.717, 1.165) is 63.4 Å². The third-order valence-corrected chi connectivity index (χ3v) is 5.19. The van der Waals surface area contributed by atoms with Gasteiger partial charge in [0.25, 0.3) is 0 Å². The summed E-state index contributed by atoms with van der Waals surface area (Å²) >= 11 is 0. The lowest BCUT2D eigenvalue weighted by Gasteiger charge is -2.18. The van der Waals surface area contributed by atoms with Crippen LogP contribution in [0.3, 0.4) is 0 Å². The average molecular weight is 512 g/mol. The lowest BCUT2D eigenvalue weighted by atomic mass is 10.1. The van der Waals surface area contributed by atoms with Crippen molar-refractivity contribution in [2.45, 2.75) is 64.6 Å². The number of rotatable bonds is 8. The molecule has 7 nitrogen and oxygen atoms in total. The summed E-state index contributed by atoms with van der Waals surface area (Å²) in [6.45, 7) is 4.36. The molecule has 0 amide bonds. The smallest absolute Gasteiger partial charge is 0.345 e. The number of halogens is 1. The molecular formula is C21H33IN6O. The Morgan fingerprint density at radius 2 is 2.07 bits per heavy atom. The first-order valence-electron chi connectivity index (χ1n) is 10.3. The third kappa shape index (κ3) is 6.87. The van der Waals surface area contributed by atoms with E-state index in [9.17, 15) is 4.79 Å². The van der Waals surface area contributed by atoms with Crippen LogP contribution in [-0.4, -0.2) is 39.9 Å². The summed E-state index contributed by atoms with van der Waals surface area (Å²) in [5.74, 6) is 1.74. The molecule has 1 aliphatic rings. The molecular weight excluding hydrogens is 479 g/mol. The molecule has 1 aromatic carbocycles. The van der Waals surface area contributed by atoms with Gasteiger partial charge in [-0.25, -0.2) is 9.48 Å². The molecule has 29 heavy (non-hydrogen) atoms. The van der Waals surface area contributed by atoms with Crippen molar-refractivity contribution in [1.29, 1.82) is 0 Å². The number of benzene rings is 1. The van der Waals surface area contributed by atoms with Crippen molar-refractivity contribution in [2.24, 2.45) is 4.99 Å². The second kappa shape index (κ2) is 12.0. The van der Waals surface area contributed by atoms with Gasteiger partial charge in [-0.05, 0) is 44.6 Å². The molecule has 0 fully saturated rings. The Kier molecular flexibility index (Phi) is 9.69. The fourth-order valence-electron chi connectivity index (χ4n) is 3.56. The zero-order chi connectivity index (χ0) is 19.8. The van der Waals surface area contributed by atoms with Crippen LogP contribution in [0.1, 0.15) is 44.0 Å². The molecule has 0 aliphatic carbocycles.